The average molecular weight is 278 g/mol. The highest BCUT2D eigenvalue weighted by molar-refractivity contribution is 7.80. The molecule has 0 aliphatic rings. The van der Waals surface area contributed by atoms with E-state index in [9.17, 15) is 0 Å². The van der Waals surface area contributed by atoms with Gasteiger partial charge in [0.15, 0.2) is 5.13 Å². The number of nitrogens with two attached hydrogens (primary N) is 1. The highest BCUT2D eigenvalue weighted by Gasteiger charge is 2.12. The summed E-state index contributed by atoms with van der Waals surface area (Å²) in [5.41, 5.74) is 9.45. The predicted molar refractivity (Wildman–Crippen MR) is 79.7 cm³/mol. The highest BCUT2D eigenvalue weighted by Crippen LogP contribution is 2.24. The molecular weight excluding hydrogens is 264 g/mol. The third-order valence-electron chi connectivity index (χ3n) is 2.44. The van der Waals surface area contributed by atoms with Crippen LogP contribution in [-0.2, 0) is 0 Å². The number of hydrogen-bond donors (Lipinski definition) is 2. The van der Waals surface area contributed by atoms with Crippen LogP contribution in [0.1, 0.15) is 22.5 Å². The van der Waals surface area contributed by atoms with Gasteiger partial charge in [-0.25, -0.2) is 9.97 Å². The molecule has 0 bridgehead atoms. The van der Waals surface area contributed by atoms with Crippen molar-refractivity contribution < 1.29 is 0 Å². The number of anilines is 2. The van der Waals surface area contributed by atoms with E-state index in [4.69, 9.17) is 18.0 Å². The first-order valence-corrected chi connectivity index (χ1v) is 6.73. The summed E-state index contributed by atoms with van der Waals surface area (Å²) in [6.07, 6.45) is 0. The summed E-state index contributed by atoms with van der Waals surface area (Å²) in [5, 5.41) is 5.96. The molecule has 2 aromatic heterocycles. The number of pyridine rings is 1. The normalized spacial score (nSPS) is 10.4. The van der Waals surface area contributed by atoms with Gasteiger partial charge in [0.25, 0.3) is 0 Å². The summed E-state index contributed by atoms with van der Waals surface area (Å²) in [4.78, 5) is 9.14. The molecular formula is C12H14N4S2. The van der Waals surface area contributed by atoms with Gasteiger partial charge >= 0.3 is 0 Å². The van der Waals surface area contributed by atoms with Gasteiger partial charge in [0.1, 0.15) is 10.8 Å². The zero-order valence-electron chi connectivity index (χ0n) is 10.4. The molecule has 0 aliphatic carbocycles. The molecule has 94 valence electrons. The fourth-order valence-electron chi connectivity index (χ4n) is 1.75. The number of thiocarbonyl (C=S) groups is 1. The average Bonchev–Trinajstić information content (AvgIpc) is 2.62. The van der Waals surface area contributed by atoms with Crippen molar-refractivity contribution in [3.05, 3.63) is 34.0 Å². The van der Waals surface area contributed by atoms with Crippen molar-refractivity contribution in [1.82, 2.24) is 9.97 Å². The lowest BCUT2D eigenvalue weighted by Gasteiger charge is -2.12. The van der Waals surface area contributed by atoms with E-state index in [-0.39, 0.29) is 0 Å². The Balaban J connectivity index is 2.45. The third-order valence-corrected chi connectivity index (χ3v) is 3.52. The van der Waals surface area contributed by atoms with Crippen LogP contribution in [0.25, 0.3) is 0 Å². The molecule has 3 N–H and O–H groups in total. The lowest BCUT2D eigenvalue weighted by atomic mass is 10.1. The Labute approximate surface area is 115 Å². The largest absolute Gasteiger partial charge is 0.389 e. The molecule has 0 saturated carbocycles. The molecule has 2 aromatic rings. The van der Waals surface area contributed by atoms with Crippen LogP contribution in [-0.4, -0.2) is 15.0 Å². The number of nitrogens with one attached hydrogen (secondary N) is 1. The fourth-order valence-corrected chi connectivity index (χ4v) is 2.70. The van der Waals surface area contributed by atoms with Crippen molar-refractivity contribution in [3.63, 3.8) is 0 Å². The minimum absolute atomic E-state index is 0.343. The molecule has 0 saturated heterocycles. The standard InChI is InChI=1S/C12H14N4S2/c1-6-4-7(2)14-11(9(6)10(13)17)16-12-15-8(3)5-18-12/h4-5H,1-3H3,(H2,13,17)(H,14,15,16). The third kappa shape index (κ3) is 2.65. The zero-order valence-corrected chi connectivity index (χ0v) is 12.1. The second-order valence-corrected chi connectivity index (χ2v) is 5.39. The molecule has 4 nitrogen and oxygen atoms in total. The Morgan fingerprint density at radius 3 is 2.56 bits per heavy atom. The van der Waals surface area contributed by atoms with Crippen LogP contribution in [0.5, 0.6) is 0 Å². The molecule has 0 aliphatic heterocycles. The molecule has 0 radical (unpaired) electrons. The number of aromatic nitrogens is 2. The Bertz CT molecular complexity index is 604. The number of thiazole rings is 1. The van der Waals surface area contributed by atoms with Gasteiger partial charge < -0.3 is 11.1 Å². The quantitative estimate of drug-likeness (QED) is 0.845. The van der Waals surface area contributed by atoms with Crippen LogP contribution in [0, 0.1) is 20.8 Å². The van der Waals surface area contributed by atoms with Crippen molar-refractivity contribution in [3.8, 4) is 0 Å². The first-order valence-electron chi connectivity index (χ1n) is 5.44. The van der Waals surface area contributed by atoms with Gasteiger partial charge in [-0.2, -0.15) is 0 Å². The van der Waals surface area contributed by atoms with E-state index in [0.717, 1.165) is 27.6 Å². The molecule has 0 atom stereocenters. The minimum Gasteiger partial charge on any atom is -0.389 e. The SMILES string of the molecule is Cc1csc(Nc2nc(C)cc(C)c2C(N)=S)n1. The highest BCUT2D eigenvalue weighted by atomic mass is 32.1. The van der Waals surface area contributed by atoms with E-state index in [0.29, 0.717) is 10.8 Å². The molecule has 2 heterocycles. The van der Waals surface area contributed by atoms with Crippen LogP contribution in [0.15, 0.2) is 11.4 Å². The second kappa shape index (κ2) is 4.99. The van der Waals surface area contributed by atoms with E-state index >= 15 is 0 Å². The zero-order chi connectivity index (χ0) is 13.3. The van der Waals surface area contributed by atoms with Crippen molar-refractivity contribution in [1.29, 1.82) is 0 Å². The molecule has 18 heavy (non-hydrogen) atoms. The van der Waals surface area contributed by atoms with Crippen LogP contribution in [0.2, 0.25) is 0 Å². The maximum Gasteiger partial charge on any atom is 0.188 e. The molecule has 0 aromatic carbocycles. The van der Waals surface area contributed by atoms with Gasteiger partial charge in [-0.3, -0.25) is 0 Å². The van der Waals surface area contributed by atoms with Crippen molar-refractivity contribution in [2.75, 3.05) is 5.32 Å². The smallest absolute Gasteiger partial charge is 0.188 e. The van der Waals surface area contributed by atoms with Gasteiger partial charge in [-0.05, 0) is 32.4 Å². The monoisotopic (exact) mass is 278 g/mol. The number of hydrogen-bond acceptors (Lipinski definition) is 5. The van der Waals surface area contributed by atoms with E-state index in [1.165, 1.54) is 11.3 Å². The summed E-state index contributed by atoms with van der Waals surface area (Å²) >= 11 is 6.61. The van der Waals surface area contributed by atoms with E-state index in [1.54, 1.807) is 0 Å². The van der Waals surface area contributed by atoms with Gasteiger partial charge in [0.05, 0.1) is 11.3 Å². The van der Waals surface area contributed by atoms with Gasteiger partial charge in [0.2, 0.25) is 0 Å². The van der Waals surface area contributed by atoms with Crippen molar-refractivity contribution >= 4 is 39.5 Å². The minimum atomic E-state index is 0.343. The summed E-state index contributed by atoms with van der Waals surface area (Å²) < 4.78 is 0. The molecule has 0 spiro atoms. The Morgan fingerprint density at radius 2 is 2.00 bits per heavy atom. The number of rotatable bonds is 3. The van der Waals surface area contributed by atoms with Gasteiger partial charge in [-0.1, -0.05) is 12.2 Å². The van der Waals surface area contributed by atoms with Gasteiger partial charge in [-0.15, -0.1) is 11.3 Å². The lowest BCUT2D eigenvalue weighted by Crippen LogP contribution is -2.15. The van der Waals surface area contributed by atoms with Crippen LogP contribution in [0.3, 0.4) is 0 Å². The van der Waals surface area contributed by atoms with E-state index in [2.05, 4.69) is 15.3 Å². The van der Waals surface area contributed by atoms with Crippen LogP contribution in [0.4, 0.5) is 10.9 Å². The molecule has 0 fully saturated rings. The molecule has 0 amide bonds. The topological polar surface area (TPSA) is 63.8 Å². The summed E-state index contributed by atoms with van der Waals surface area (Å²) in [7, 11) is 0. The maximum absolute atomic E-state index is 5.76. The fraction of sp³-hybridized carbons (Fsp3) is 0.250. The number of aryl methyl sites for hydroxylation is 3. The predicted octanol–water partition coefficient (Wildman–Crippen LogP) is 2.84. The van der Waals surface area contributed by atoms with E-state index < -0.39 is 0 Å². The lowest BCUT2D eigenvalue weighted by molar-refractivity contribution is 1.16. The second-order valence-electron chi connectivity index (χ2n) is 4.09. The molecule has 6 heteroatoms. The van der Waals surface area contributed by atoms with Gasteiger partial charge in [0, 0.05) is 11.1 Å². The van der Waals surface area contributed by atoms with Crippen LogP contribution >= 0.6 is 23.6 Å². The van der Waals surface area contributed by atoms with Crippen molar-refractivity contribution in [2.24, 2.45) is 5.73 Å². The van der Waals surface area contributed by atoms with Crippen molar-refractivity contribution in [2.45, 2.75) is 20.8 Å². The maximum atomic E-state index is 5.76. The Hall–Kier alpha value is -1.53. The summed E-state index contributed by atoms with van der Waals surface area (Å²) in [5.74, 6) is 0.675. The Morgan fingerprint density at radius 1 is 1.28 bits per heavy atom. The van der Waals surface area contributed by atoms with E-state index in [1.807, 2.05) is 32.2 Å². The first-order chi connectivity index (χ1) is 8.47. The summed E-state index contributed by atoms with van der Waals surface area (Å²) in [6, 6.07) is 1.97. The summed E-state index contributed by atoms with van der Waals surface area (Å²) in [6.45, 7) is 5.86. The molecule has 0 unspecified atom stereocenters. The first kappa shape index (κ1) is 12.9. The molecule has 2 rings (SSSR count). The number of nitrogens with zero attached hydrogens (tertiary/aromatic N) is 2. The van der Waals surface area contributed by atoms with Crippen LogP contribution < -0.4 is 11.1 Å². The Kier molecular flexibility index (Phi) is 3.58.